The first-order valence-electron chi connectivity index (χ1n) is 11.0. The lowest BCUT2D eigenvalue weighted by Crippen LogP contribution is -2.19. The van der Waals surface area contributed by atoms with E-state index >= 15 is 0 Å². The third-order valence-corrected chi connectivity index (χ3v) is 3.72. The van der Waals surface area contributed by atoms with Crippen LogP contribution in [0.25, 0.3) is 0 Å². The molecule has 0 unspecified atom stereocenters. The van der Waals surface area contributed by atoms with E-state index in [1.165, 1.54) is 0 Å². The van der Waals surface area contributed by atoms with Crippen molar-refractivity contribution in [2.45, 2.75) is 0 Å². The van der Waals surface area contributed by atoms with E-state index in [1.807, 2.05) is 14.1 Å². The van der Waals surface area contributed by atoms with Gasteiger partial charge in [-0.2, -0.15) is 0 Å². The van der Waals surface area contributed by atoms with Gasteiger partial charge in [-0.1, -0.05) is 0 Å². The van der Waals surface area contributed by atoms with Crippen LogP contribution in [0.15, 0.2) is 0 Å². The summed E-state index contributed by atoms with van der Waals surface area (Å²) in [6.07, 6.45) is 0. The monoisotopic (exact) mass is 455 g/mol. The molecule has 0 atom stereocenters. The number of hydrogen-bond acceptors (Lipinski definition) is 10. The predicted octanol–water partition coefficient (Wildman–Crippen LogP) is 0.327. The maximum Gasteiger partial charge on any atom is 0.0701 e. The Labute approximate surface area is 188 Å². The van der Waals surface area contributed by atoms with Crippen molar-refractivity contribution in [2.75, 3.05) is 140 Å². The molecule has 0 aliphatic carbocycles. The Kier molecular flexibility index (Phi) is 27.3. The van der Waals surface area contributed by atoms with Gasteiger partial charge in [-0.25, -0.2) is 0 Å². The highest BCUT2D eigenvalue weighted by molar-refractivity contribution is 4.40. The number of likely N-dealkylation sites (N-methyl/N-ethyl adjacent to an activating group) is 1. The average molecular weight is 456 g/mol. The summed E-state index contributed by atoms with van der Waals surface area (Å²) in [5, 5.41) is 0. The van der Waals surface area contributed by atoms with Crippen molar-refractivity contribution in [3.8, 4) is 0 Å². The molecule has 31 heavy (non-hydrogen) atoms. The molecule has 0 saturated carbocycles. The lowest BCUT2D eigenvalue weighted by atomic mass is 10.6. The fourth-order valence-corrected chi connectivity index (χ4v) is 2.03. The molecular weight excluding hydrogens is 410 g/mol. The van der Waals surface area contributed by atoms with Crippen LogP contribution >= 0.6 is 0 Å². The third-order valence-electron chi connectivity index (χ3n) is 3.72. The van der Waals surface area contributed by atoms with Crippen molar-refractivity contribution in [1.82, 2.24) is 4.90 Å². The molecule has 0 aromatic carbocycles. The average Bonchev–Trinajstić information content (AvgIpc) is 2.76. The van der Waals surface area contributed by atoms with E-state index in [2.05, 4.69) is 4.90 Å². The lowest BCUT2D eigenvalue weighted by molar-refractivity contribution is -0.0244. The summed E-state index contributed by atoms with van der Waals surface area (Å²) in [6, 6.07) is 0. The van der Waals surface area contributed by atoms with Gasteiger partial charge in [0.05, 0.1) is 112 Å². The molecule has 10 nitrogen and oxygen atoms in total. The van der Waals surface area contributed by atoms with Crippen molar-refractivity contribution in [3.63, 3.8) is 0 Å². The highest BCUT2D eigenvalue weighted by atomic mass is 16.6. The van der Waals surface area contributed by atoms with Gasteiger partial charge in [0.25, 0.3) is 0 Å². The Morgan fingerprint density at radius 2 is 0.581 bits per heavy atom. The van der Waals surface area contributed by atoms with Gasteiger partial charge in [0, 0.05) is 13.7 Å². The molecular formula is C21H45NO9. The Bertz CT molecular complexity index is 325. The van der Waals surface area contributed by atoms with E-state index < -0.39 is 0 Å². The number of rotatable bonds is 27. The second kappa shape index (κ2) is 27.6. The summed E-state index contributed by atoms with van der Waals surface area (Å²) in [6.45, 7) is 10.6. The van der Waals surface area contributed by atoms with E-state index in [-0.39, 0.29) is 0 Å². The van der Waals surface area contributed by atoms with Gasteiger partial charge in [0.2, 0.25) is 0 Å². The van der Waals surface area contributed by atoms with Crippen molar-refractivity contribution in [3.05, 3.63) is 0 Å². The van der Waals surface area contributed by atoms with Gasteiger partial charge >= 0.3 is 0 Å². The summed E-state index contributed by atoms with van der Waals surface area (Å²) in [5.41, 5.74) is 0. The van der Waals surface area contributed by atoms with Crippen molar-refractivity contribution < 1.29 is 42.6 Å². The SMILES string of the molecule is COCCOCCOCCOCCOCCOCCOCCOCCOCCN(C)C. The zero-order valence-electron chi connectivity index (χ0n) is 19.8. The molecule has 10 heteroatoms. The first-order valence-corrected chi connectivity index (χ1v) is 11.0. The van der Waals surface area contributed by atoms with Gasteiger partial charge in [0.1, 0.15) is 0 Å². The maximum absolute atomic E-state index is 5.44. The number of ether oxygens (including phenoxy) is 9. The van der Waals surface area contributed by atoms with Crippen LogP contribution in [0.4, 0.5) is 0 Å². The van der Waals surface area contributed by atoms with E-state index in [4.69, 9.17) is 42.6 Å². The first kappa shape index (κ1) is 30.6. The van der Waals surface area contributed by atoms with Crippen LogP contribution in [-0.2, 0) is 42.6 Å². The van der Waals surface area contributed by atoms with Crippen LogP contribution in [0.1, 0.15) is 0 Å². The molecule has 0 saturated heterocycles. The molecule has 0 rings (SSSR count). The highest BCUT2D eigenvalue weighted by Crippen LogP contribution is 1.86. The van der Waals surface area contributed by atoms with Crippen LogP contribution < -0.4 is 0 Å². The van der Waals surface area contributed by atoms with E-state index in [0.29, 0.717) is 106 Å². The second-order valence-electron chi connectivity index (χ2n) is 6.70. The minimum atomic E-state index is 0.537. The molecule has 0 spiro atoms. The van der Waals surface area contributed by atoms with Gasteiger partial charge in [0.15, 0.2) is 0 Å². The molecule has 0 bridgehead atoms. The fourth-order valence-electron chi connectivity index (χ4n) is 2.03. The molecule has 0 fully saturated rings. The Balaban J connectivity index is 2.99. The predicted molar refractivity (Wildman–Crippen MR) is 117 cm³/mol. The van der Waals surface area contributed by atoms with E-state index in [9.17, 15) is 0 Å². The van der Waals surface area contributed by atoms with E-state index in [1.54, 1.807) is 7.11 Å². The van der Waals surface area contributed by atoms with Gasteiger partial charge < -0.3 is 47.5 Å². The zero-order chi connectivity index (χ0) is 22.7. The van der Waals surface area contributed by atoms with Crippen LogP contribution in [0.3, 0.4) is 0 Å². The second-order valence-corrected chi connectivity index (χ2v) is 6.70. The lowest BCUT2D eigenvalue weighted by Gasteiger charge is -2.10. The summed E-state index contributed by atoms with van der Waals surface area (Å²) in [5.74, 6) is 0. The van der Waals surface area contributed by atoms with Gasteiger partial charge in [-0.3, -0.25) is 0 Å². The minimum absolute atomic E-state index is 0.537. The zero-order valence-corrected chi connectivity index (χ0v) is 19.8. The fraction of sp³-hybridized carbons (Fsp3) is 1.00. The highest BCUT2D eigenvalue weighted by Gasteiger charge is 1.95. The summed E-state index contributed by atoms with van der Waals surface area (Å²) < 4.78 is 48.1. The summed E-state index contributed by atoms with van der Waals surface area (Å²) >= 11 is 0. The molecule has 0 N–H and O–H groups in total. The van der Waals surface area contributed by atoms with Crippen LogP contribution in [0.2, 0.25) is 0 Å². The third kappa shape index (κ3) is 29.6. The molecule has 0 amide bonds. The Hall–Kier alpha value is -0.400. The largest absolute Gasteiger partial charge is 0.382 e. The smallest absolute Gasteiger partial charge is 0.0701 e. The van der Waals surface area contributed by atoms with Gasteiger partial charge in [-0.15, -0.1) is 0 Å². The Morgan fingerprint density at radius 3 is 0.806 bits per heavy atom. The standard InChI is InChI=1S/C21H45NO9/c1-22(2)4-5-24-8-9-26-12-13-28-16-17-30-20-21-31-19-18-29-15-14-27-11-10-25-7-6-23-3/h4-21H2,1-3H3. The molecule has 0 aliphatic heterocycles. The van der Waals surface area contributed by atoms with Crippen LogP contribution in [0, 0.1) is 0 Å². The Morgan fingerprint density at radius 1 is 0.355 bits per heavy atom. The molecule has 188 valence electrons. The summed E-state index contributed by atoms with van der Waals surface area (Å²) in [4.78, 5) is 2.08. The quantitative estimate of drug-likeness (QED) is 0.162. The van der Waals surface area contributed by atoms with Crippen molar-refractivity contribution in [1.29, 1.82) is 0 Å². The molecule has 0 heterocycles. The number of nitrogens with zero attached hydrogens (tertiary/aromatic N) is 1. The molecule has 0 aliphatic rings. The van der Waals surface area contributed by atoms with E-state index in [0.717, 1.165) is 13.2 Å². The topological polar surface area (TPSA) is 86.3 Å². The first-order chi connectivity index (χ1) is 15.3. The van der Waals surface area contributed by atoms with Crippen LogP contribution in [-0.4, -0.2) is 145 Å². The molecule has 0 aromatic rings. The normalized spacial score (nSPS) is 11.6. The molecule has 0 radical (unpaired) electrons. The molecule has 0 aromatic heterocycles. The van der Waals surface area contributed by atoms with Crippen molar-refractivity contribution >= 4 is 0 Å². The number of hydrogen-bond donors (Lipinski definition) is 0. The van der Waals surface area contributed by atoms with Crippen molar-refractivity contribution in [2.24, 2.45) is 0 Å². The maximum atomic E-state index is 5.44. The summed E-state index contributed by atoms with van der Waals surface area (Å²) in [7, 11) is 5.69. The van der Waals surface area contributed by atoms with Crippen LogP contribution in [0.5, 0.6) is 0 Å². The van der Waals surface area contributed by atoms with Gasteiger partial charge in [-0.05, 0) is 14.1 Å². The number of methoxy groups -OCH3 is 1. The minimum Gasteiger partial charge on any atom is -0.382 e.